The van der Waals surface area contributed by atoms with Gasteiger partial charge in [-0.1, -0.05) is 12.1 Å². The van der Waals surface area contributed by atoms with E-state index in [0.717, 1.165) is 11.8 Å². The maximum Gasteiger partial charge on any atom is 0.259 e. The minimum Gasteiger partial charge on any atom is -0.491 e. The zero-order chi connectivity index (χ0) is 13.0. The van der Waals surface area contributed by atoms with E-state index in [1.807, 2.05) is 31.2 Å². The van der Waals surface area contributed by atoms with E-state index in [1.165, 1.54) is 0 Å². The van der Waals surface area contributed by atoms with Gasteiger partial charge in [0.1, 0.15) is 16.7 Å². The summed E-state index contributed by atoms with van der Waals surface area (Å²) < 4.78 is 11.1. The molecule has 0 amide bonds. The zero-order valence-corrected chi connectivity index (χ0v) is 10.4. The van der Waals surface area contributed by atoms with Crippen molar-refractivity contribution in [2.24, 2.45) is 0 Å². The van der Waals surface area contributed by atoms with Gasteiger partial charge in [-0.25, -0.2) is 4.98 Å². The molecular weight excluding hydrogens is 244 g/mol. The Morgan fingerprint density at radius 2 is 2.05 bits per heavy atom. The molecule has 1 aliphatic heterocycles. The van der Waals surface area contributed by atoms with Gasteiger partial charge in [0.15, 0.2) is 5.82 Å². The molecule has 1 aliphatic rings. The molecule has 96 valence electrons. The van der Waals surface area contributed by atoms with Crippen molar-refractivity contribution in [2.45, 2.75) is 18.9 Å². The van der Waals surface area contributed by atoms with Gasteiger partial charge in [-0.3, -0.25) is 0 Å². The lowest BCUT2D eigenvalue weighted by molar-refractivity contribution is -0.146. The van der Waals surface area contributed by atoms with Crippen molar-refractivity contribution in [3.8, 4) is 5.88 Å². The van der Waals surface area contributed by atoms with Crippen molar-refractivity contribution in [3.63, 3.8) is 0 Å². The molecule has 1 unspecified atom stereocenters. The molecule has 0 spiro atoms. The highest BCUT2D eigenvalue weighted by Gasteiger charge is 2.39. The fourth-order valence-corrected chi connectivity index (χ4v) is 2.40. The van der Waals surface area contributed by atoms with Gasteiger partial charge in [-0.05, 0) is 19.1 Å². The molecule has 5 nitrogen and oxygen atoms in total. The molecule has 1 aromatic carbocycles. The Labute approximate surface area is 108 Å². The Bertz CT molecular complexity index is 790. The van der Waals surface area contributed by atoms with E-state index in [2.05, 4.69) is 9.97 Å². The number of fused-ring (bicyclic) bond motifs is 3. The second-order valence-corrected chi connectivity index (χ2v) is 4.98. The summed E-state index contributed by atoms with van der Waals surface area (Å²) in [5, 5.41) is 10.9. The van der Waals surface area contributed by atoms with Crippen LogP contribution < -0.4 is 0 Å². The maximum atomic E-state index is 10.0. The van der Waals surface area contributed by atoms with Crippen LogP contribution in [0.1, 0.15) is 19.2 Å². The molecule has 19 heavy (non-hydrogen) atoms. The average molecular weight is 256 g/mol. The largest absolute Gasteiger partial charge is 0.491 e. The summed E-state index contributed by atoms with van der Waals surface area (Å²) in [4.78, 5) is 8.64. The van der Waals surface area contributed by atoms with E-state index in [1.54, 1.807) is 0 Å². The summed E-state index contributed by atoms with van der Waals surface area (Å²) >= 11 is 0. The lowest BCUT2D eigenvalue weighted by Gasteiger charge is -2.36. The van der Waals surface area contributed by atoms with Crippen LogP contribution in [0.4, 0.5) is 0 Å². The summed E-state index contributed by atoms with van der Waals surface area (Å²) in [6.45, 7) is 2.63. The number of hydrogen-bond acceptors (Lipinski definition) is 5. The van der Waals surface area contributed by atoms with Gasteiger partial charge in [-0.2, -0.15) is 4.98 Å². The number of ether oxygens (including phenoxy) is 1. The molecular formula is C14H12N2O3. The Morgan fingerprint density at radius 3 is 2.79 bits per heavy atom. The standard InChI is InChI=1S/C14H12N2O3/c1-14(6-7-18-14)13-15-10-8-4-2-3-5-9(8)19-11(10)12(17)16-13/h2-5H,6-7H2,1H3,(H,15,16,17). The van der Waals surface area contributed by atoms with E-state index < -0.39 is 5.60 Å². The predicted octanol–water partition coefficient (Wildman–Crippen LogP) is 2.72. The number of hydrogen-bond donors (Lipinski definition) is 1. The number of aromatic nitrogens is 2. The Hall–Kier alpha value is -2.14. The molecule has 4 rings (SSSR count). The molecule has 0 saturated carbocycles. The molecule has 3 heterocycles. The highest BCUT2D eigenvalue weighted by Crippen LogP contribution is 2.38. The van der Waals surface area contributed by atoms with Crippen LogP contribution in [0.15, 0.2) is 28.7 Å². The lowest BCUT2D eigenvalue weighted by atomic mass is 9.96. The van der Waals surface area contributed by atoms with Gasteiger partial charge >= 0.3 is 0 Å². The van der Waals surface area contributed by atoms with Crippen LogP contribution in [-0.4, -0.2) is 21.7 Å². The summed E-state index contributed by atoms with van der Waals surface area (Å²) in [6.07, 6.45) is 0.855. The third-order valence-electron chi connectivity index (χ3n) is 3.67. The van der Waals surface area contributed by atoms with Crippen LogP contribution in [0.3, 0.4) is 0 Å². The van der Waals surface area contributed by atoms with Gasteiger partial charge in [-0.15, -0.1) is 0 Å². The molecule has 3 aromatic rings. The SMILES string of the molecule is CC1(c2nc(O)c3oc4ccccc4c3n2)CCO1. The van der Waals surface area contributed by atoms with Crippen LogP contribution in [0.2, 0.25) is 0 Å². The van der Waals surface area contributed by atoms with Crippen LogP contribution >= 0.6 is 0 Å². The van der Waals surface area contributed by atoms with Crippen LogP contribution in [-0.2, 0) is 10.3 Å². The van der Waals surface area contributed by atoms with E-state index in [-0.39, 0.29) is 5.88 Å². The molecule has 0 aliphatic carbocycles. The second-order valence-electron chi connectivity index (χ2n) is 4.98. The number of benzene rings is 1. The zero-order valence-electron chi connectivity index (χ0n) is 10.4. The molecule has 1 atom stereocenters. The second kappa shape index (κ2) is 3.45. The highest BCUT2D eigenvalue weighted by molar-refractivity contribution is 6.03. The molecule has 5 heteroatoms. The van der Waals surface area contributed by atoms with Crippen LogP contribution in [0.25, 0.3) is 22.1 Å². The first-order chi connectivity index (χ1) is 9.17. The van der Waals surface area contributed by atoms with Gasteiger partial charge < -0.3 is 14.3 Å². The van der Waals surface area contributed by atoms with E-state index in [4.69, 9.17) is 9.15 Å². The summed E-state index contributed by atoms with van der Waals surface area (Å²) in [5.41, 5.74) is 1.16. The summed E-state index contributed by atoms with van der Waals surface area (Å²) in [5.74, 6) is 0.378. The first-order valence-electron chi connectivity index (χ1n) is 6.20. The van der Waals surface area contributed by atoms with Gasteiger partial charge in [0.2, 0.25) is 5.58 Å². The quantitative estimate of drug-likeness (QED) is 0.725. The fraction of sp³-hybridized carbons (Fsp3) is 0.286. The normalized spacial score (nSPS) is 22.8. The first kappa shape index (κ1) is 10.8. The third kappa shape index (κ3) is 1.39. The number of nitrogens with zero attached hydrogens (tertiary/aromatic N) is 2. The van der Waals surface area contributed by atoms with Gasteiger partial charge in [0.25, 0.3) is 5.88 Å². The smallest absolute Gasteiger partial charge is 0.259 e. The molecule has 1 N–H and O–H groups in total. The van der Waals surface area contributed by atoms with E-state index >= 15 is 0 Å². The van der Waals surface area contributed by atoms with Crippen molar-refractivity contribution < 1.29 is 14.3 Å². The molecule has 0 bridgehead atoms. The monoisotopic (exact) mass is 256 g/mol. The van der Waals surface area contributed by atoms with Gasteiger partial charge in [0.05, 0.1) is 6.61 Å². The Kier molecular flexibility index (Phi) is 1.95. The first-order valence-corrected chi connectivity index (χ1v) is 6.20. The molecule has 1 saturated heterocycles. The minimum atomic E-state index is -0.496. The number of rotatable bonds is 1. The summed E-state index contributed by atoms with van der Waals surface area (Å²) in [6, 6.07) is 7.56. The number of furan rings is 1. The Balaban J connectivity index is 2.06. The van der Waals surface area contributed by atoms with Crippen molar-refractivity contribution in [2.75, 3.05) is 6.61 Å². The third-order valence-corrected chi connectivity index (χ3v) is 3.67. The van der Waals surface area contributed by atoms with Crippen LogP contribution in [0.5, 0.6) is 5.88 Å². The van der Waals surface area contributed by atoms with Crippen molar-refractivity contribution in [1.82, 2.24) is 9.97 Å². The Morgan fingerprint density at radius 1 is 1.26 bits per heavy atom. The highest BCUT2D eigenvalue weighted by atomic mass is 16.5. The lowest BCUT2D eigenvalue weighted by Crippen LogP contribution is -2.39. The maximum absolute atomic E-state index is 10.0. The average Bonchev–Trinajstić information content (AvgIpc) is 2.75. The van der Waals surface area contributed by atoms with E-state index in [9.17, 15) is 5.11 Å². The molecule has 0 radical (unpaired) electrons. The molecule has 2 aromatic heterocycles. The summed E-state index contributed by atoms with van der Waals surface area (Å²) in [7, 11) is 0. The van der Waals surface area contributed by atoms with E-state index in [0.29, 0.717) is 29.1 Å². The van der Waals surface area contributed by atoms with Gasteiger partial charge in [0, 0.05) is 11.8 Å². The van der Waals surface area contributed by atoms with Crippen LogP contribution in [0, 0.1) is 0 Å². The number of aromatic hydroxyl groups is 1. The minimum absolute atomic E-state index is 0.132. The fourth-order valence-electron chi connectivity index (χ4n) is 2.40. The van der Waals surface area contributed by atoms with Crippen molar-refractivity contribution >= 4 is 22.1 Å². The van der Waals surface area contributed by atoms with Crippen molar-refractivity contribution in [1.29, 1.82) is 0 Å². The predicted molar refractivity (Wildman–Crippen MR) is 68.9 cm³/mol. The molecule has 1 fully saturated rings. The topological polar surface area (TPSA) is 68.4 Å². The van der Waals surface area contributed by atoms with Crippen molar-refractivity contribution in [3.05, 3.63) is 30.1 Å². The number of para-hydroxylation sites is 1.